The molecule has 1 aromatic heterocycles. The highest BCUT2D eigenvalue weighted by molar-refractivity contribution is 6.29. The summed E-state index contributed by atoms with van der Waals surface area (Å²) in [5.74, 6) is -1.29. The summed E-state index contributed by atoms with van der Waals surface area (Å²) in [4.78, 5) is 22.5. The summed E-state index contributed by atoms with van der Waals surface area (Å²) in [5.41, 5.74) is 1.36. The van der Waals surface area contributed by atoms with E-state index in [-0.39, 0.29) is 22.3 Å². The van der Waals surface area contributed by atoms with Gasteiger partial charge in [-0.1, -0.05) is 23.7 Å². The van der Waals surface area contributed by atoms with Gasteiger partial charge in [0.25, 0.3) is 5.91 Å². The summed E-state index contributed by atoms with van der Waals surface area (Å²) in [7, 11) is 0. The Morgan fingerprint density at radius 3 is 2.38 bits per heavy atom. The first-order valence-electron chi connectivity index (χ1n) is 6.16. The first kappa shape index (κ1) is 14.9. The molecule has 0 aliphatic carbocycles. The fraction of sp³-hybridized carbons (Fsp3) is 0.143. The summed E-state index contributed by atoms with van der Waals surface area (Å²) < 4.78 is 0. The van der Waals surface area contributed by atoms with Crippen molar-refractivity contribution in [3.05, 3.63) is 58.4 Å². The van der Waals surface area contributed by atoms with Gasteiger partial charge < -0.3 is 10.4 Å². The summed E-state index contributed by atoms with van der Waals surface area (Å²) >= 11 is 5.59. The van der Waals surface area contributed by atoms with Gasteiger partial charge in [-0.15, -0.1) is 10.2 Å². The molecule has 1 amide bonds. The molecule has 1 heterocycles. The van der Waals surface area contributed by atoms with Crippen molar-refractivity contribution in [1.82, 2.24) is 15.5 Å². The number of carbonyl (C=O) groups excluding carboxylic acids is 1. The summed E-state index contributed by atoms with van der Waals surface area (Å²) in [6.45, 7) is 0.412. The number of benzene rings is 1. The Morgan fingerprint density at radius 1 is 1.10 bits per heavy atom. The topological polar surface area (TPSA) is 92.2 Å². The van der Waals surface area contributed by atoms with Crippen molar-refractivity contribution in [2.75, 3.05) is 6.54 Å². The van der Waals surface area contributed by atoms with E-state index >= 15 is 0 Å². The molecule has 2 rings (SSSR count). The quantitative estimate of drug-likeness (QED) is 0.878. The number of hydrogen-bond acceptors (Lipinski definition) is 4. The Labute approximate surface area is 125 Å². The second-order valence-electron chi connectivity index (χ2n) is 4.25. The van der Waals surface area contributed by atoms with E-state index < -0.39 is 5.97 Å². The van der Waals surface area contributed by atoms with Gasteiger partial charge in [0.1, 0.15) is 0 Å². The lowest BCUT2D eigenvalue weighted by molar-refractivity contribution is 0.0696. The number of carbonyl (C=O) groups is 2. The highest BCUT2D eigenvalue weighted by Crippen LogP contribution is 2.05. The predicted octanol–water partition coefficient (Wildman–Crippen LogP) is 1.80. The zero-order valence-corrected chi connectivity index (χ0v) is 11.7. The van der Waals surface area contributed by atoms with Crippen LogP contribution in [-0.2, 0) is 6.42 Å². The van der Waals surface area contributed by atoms with Crippen LogP contribution in [0.1, 0.15) is 26.4 Å². The van der Waals surface area contributed by atoms with Crippen LogP contribution in [0.25, 0.3) is 0 Å². The highest BCUT2D eigenvalue weighted by Gasteiger charge is 2.07. The Hall–Kier alpha value is -2.47. The highest BCUT2D eigenvalue weighted by atomic mass is 35.5. The van der Waals surface area contributed by atoms with Crippen LogP contribution < -0.4 is 5.32 Å². The predicted molar refractivity (Wildman–Crippen MR) is 76.5 cm³/mol. The first-order valence-corrected chi connectivity index (χ1v) is 6.54. The molecule has 6 nitrogen and oxygen atoms in total. The van der Waals surface area contributed by atoms with Crippen LogP contribution in [0.15, 0.2) is 36.4 Å². The lowest BCUT2D eigenvalue weighted by atomic mass is 10.1. The normalized spacial score (nSPS) is 10.1. The average molecular weight is 306 g/mol. The van der Waals surface area contributed by atoms with Crippen LogP contribution in [0.2, 0.25) is 5.15 Å². The number of nitrogens with one attached hydrogen (secondary N) is 1. The van der Waals surface area contributed by atoms with E-state index in [1.807, 2.05) is 0 Å². The number of carboxylic acids is 1. The minimum atomic E-state index is -0.962. The second-order valence-corrected chi connectivity index (χ2v) is 4.64. The van der Waals surface area contributed by atoms with Crippen LogP contribution in [0, 0.1) is 0 Å². The molecule has 0 aliphatic heterocycles. The molecule has 0 aliphatic rings. The molecule has 0 unspecified atom stereocenters. The van der Waals surface area contributed by atoms with Crippen molar-refractivity contribution in [2.45, 2.75) is 6.42 Å². The van der Waals surface area contributed by atoms with E-state index in [1.54, 1.807) is 12.1 Å². The maximum absolute atomic E-state index is 11.8. The molecule has 21 heavy (non-hydrogen) atoms. The lowest BCUT2D eigenvalue weighted by Crippen LogP contribution is -2.26. The number of amides is 1. The van der Waals surface area contributed by atoms with Gasteiger partial charge in [0.15, 0.2) is 10.8 Å². The molecule has 0 atom stereocenters. The standard InChI is InChI=1S/C14H12ClN3O3/c15-12-6-5-11(17-18-12)13(19)16-8-7-9-1-3-10(4-2-9)14(20)21/h1-6H,7-8H2,(H,16,19)(H,20,21). The van der Waals surface area contributed by atoms with Gasteiger partial charge in [-0.2, -0.15) is 0 Å². The van der Waals surface area contributed by atoms with Gasteiger partial charge in [-0.3, -0.25) is 4.79 Å². The molecule has 1 aromatic carbocycles. The van der Waals surface area contributed by atoms with E-state index in [4.69, 9.17) is 16.7 Å². The molecule has 108 valence electrons. The summed E-state index contributed by atoms with van der Waals surface area (Å²) in [6, 6.07) is 9.49. The SMILES string of the molecule is O=C(O)c1ccc(CCNC(=O)c2ccc(Cl)nn2)cc1. The van der Waals surface area contributed by atoms with Gasteiger partial charge in [-0.25, -0.2) is 4.79 Å². The summed E-state index contributed by atoms with van der Waals surface area (Å²) in [6.07, 6.45) is 0.590. The van der Waals surface area contributed by atoms with Crippen molar-refractivity contribution in [2.24, 2.45) is 0 Å². The number of nitrogens with zero attached hydrogens (tertiary/aromatic N) is 2. The molecular weight excluding hydrogens is 294 g/mol. The molecule has 0 saturated heterocycles. The number of hydrogen-bond donors (Lipinski definition) is 2. The van der Waals surface area contributed by atoms with Gasteiger partial charge >= 0.3 is 5.97 Å². The molecular formula is C14H12ClN3O3. The Kier molecular flexibility index (Phi) is 4.84. The molecule has 0 fully saturated rings. The fourth-order valence-corrected chi connectivity index (χ4v) is 1.76. The smallest absolute Gasteiger partial charge is 0.335 e. The molecule has 2 N–H and O–H groups in total. The van der Waals surface area contributed by atoms with Crippen LogP contribution in [-0.4, -0.2) is 33.7 Å². The van der Waals surface area contributed by atoms with E-state index in [0.717, 1.165) is 5.56 Å². The van der Waals surface area contributed by atoms with E-state index in [9.17, 15) is 9.59 Å². The van der Waals surface area contributed by atoms with Gasteiger partial charge in [0.2, 0.25) is 0 Å². The number of aromatic nitrogens is 2. The molecule has 2 aromatic rings. The zero-order valence-electron chi connectivity index (χ0n) is 10.9. The summed E-state index contributed by atoms with van der Waals surface area (Å²) in [5, 5.41) is 19.0. The van der Waals surface area contributed by atoms with Gasteiger partial charge in [-0.05, 0) is 36.2 Å². The Bertz CT molecular complexity index is 642. The minimum Gasteiger partial charge on any atom is -0.478 e. The van der Waals surface area contributed by atoms with Gasteiger partial charge in [0, 0.05) is 6.54 Å². The van der Waals surface area contributed by atoms with Crippen LogP contribution in [0.3, 0.4) is 0 Å². The molecule has 0 radical (unpaired) electrons. The number of rotatable bonds is 5. The minimum absolute atomic E-state index is 0.195. The molecule has 0 bridgehead atoms. The van der Waals surface area contributed by atoms with Crippen LogP contribution >= 0.6 is 11.6 Å². The Morgan fingerprint density at radius 2 is 1.81 bits per heavy atom. The van der Waals surface area contributed by atoms with Crippen LogP contribution in [0.5, 0.6) is 0 Å². The first-order chi connectivity index (χ1) is 10.1. The fourth-order valence-electron chi connectivity index (χ4n) is 1.66. The van der Waals surface area contributed by atoms with Gasteiger partial charge in [0.05, 0.1) is 5.56 Å². The van der Waals surface area contributed by atoms with Crippen molar-refractivity contribution >= 4 is 23.5 Å². The maximum Gasteiger partial charge on any atom is 0.335 e. The van der Waals surface area contributed by atoms with Crippen molar-refractivity contribution in [1.29, 1.82) is 0 Å². The number of carboxylic acid groups (broad SMARTS) is 1. The van der Waals surface area contributed by atoms with Crippen molar-refractivity contribution in [3.8, 4) is 0 Å². The monoisotopic (exact) mass is 305 g/mol. The van der Waals surface area contributed by atoms with Crippen molar-refractivity contribution in [3.63, 3.8) is 0 Å². The van der Waals surface area contributed by atoms with E-state index in [1.165, 1.54) is 24.3 Å². The second kappa shape index (κ2) is 6.81. The third-order valence-electron chi connectivity index (χ3n) is 2.76. The largest absolute Gasteiger partial charge is 0.478 e. The van der Waals surface area contributed by atoms with Crippen LogP contribution in [0.4, 0.5) is 0 Å². The maximum atomic E-state index is 11.8. The van der Waals surface area contributed by atoms with E-state index in [2.05, 4.69) is 15.5 Å². The third kappa shape index (κ3) is 4.25. The molecule has 0 saturated carbocycles. The Balaban J connectivity index is 1.85. The molecule has 7 heteroatoms. The number of halogens is 1. The van der Waals surface area contributed by atoms with Crippen molar-refractivity contribution < 1.29 is 14.7 Å². The number of aromatic carboxylic acids is 1. The average Bonchev–Trinajstić information content (AvgIpc) is 2.48. The zero-order chi connectivity index (χ0) is 15.2. The van der Waals surface area contributed by atoms with E-state index in [0.29, 0.717) is 13.0 Å². The molecule has 0 spiro atoms. The third-order valence-corrected chi connectivity index (χ3v) is 2.97. The lowest BCUT2D eigenvalue weighted by Gasteiger charge is -2.05.